The summed E-state index contributed by atoms with van der Waals surface area (Å²) in [5.74, 6) is -0.556. The molecule has 6 nitrogen and oxygen atoms in total. The molecule has 2 amide bonds. The number of aromatic nitrogens is 3. The zero-order valence-electron chi connectivity index (χ0n) is 18.0. The van der Waals surface area contributed by atoms with Gasteiger partial charge in [-0.25, -0.2) is 14.2 Å². The van der Waals surface area contributed by atoms with Gasteiger partial charge in [0.2, 0.25) is 0 Å². The number of hydrogen-bond donors (Lipinski definition) is 3. The summed E-state index contributed by atoms with van der Waals surface area (Å²) in [4.78, 5) is 19.8. The number of aromatic amines is 1. The summed E-state index contributed by atoms with van der Waals surface area (Å²) in [7, 11) is 0. The van der Waals surface area contributed by atoms with E-state index in [0.717, 1.165) is 0 Å². The van der Waals surface area contributed by atoms with Crippen molar-refractivity contribution in [1.82, 2.24) is 14.5 Å². The van der Waals surface area contributed by atoms with E-state index >= 15 is 0 Å². The lowest BCUT2D eigenvalue weighted by molar-refractivity contribution is 0.262. The average molecular weight is 480 g/mol. The van der Waals surface area contributed by atoms with E-state index in [0.29, 0.717) is 37.7 Å². The summed E-state index contributed by atoms with van der Waals surface area (Å²) >= 11 is 3.26. The van der Waals surface area contributed by atoms with Crippen molar-refractivity contribution in [2.24, 2.45) is 0 Å². The fourth-order valence-electron chi connectivity index (χ4n) is 3.42. The SMILES string of the molecule is [2H]C([2H])(c1c[nH]c2ncccc12)n1ccc2c(NC(=O)Nc3cc(Br)ccc3F)cccc21. The first kappa shape index (κ1) is 17.1. The molecule has 0 atom stereocenters. The number of urea groups is 1. The van der Waals surface area contributed by atoms with Gasteiger partial charge in [0.15, 0.2) is 0 Å². The van der Waals surface area contributed by atoms with Gasteiger partial charge in [-0.3, -0.25) is 0 Å². The molecule has 0 aliphatic carbocycles. The lowest BCUT2D eigenvalue weighted by Crippen LogP contribution is -2.20. The molecular formula is C23H17BrFN5O. The molecule has 0 saturated heterocycles. The summed E-state index contributed by atoms with van der Waals surface area (Å²) in [5.41, 5.74) is 2.15. The third-order valence-corrected chi connectivity index (χ3v) is 5.34. The molecule has 5 rings (SSSR count). The highest BCUT2D eigenvalue weighted by atomic mass is 79.9. The molecule has 3 aromatic heterocycles. The Labute approximate surface area is 188 Å². The Balaban J connectivity index is 1.48. The van der Waals surface area contributed by atoms with Crippen LogP contribution in [0.3, 0.4) is 0 Å². The smallest absolute Gasteiger partial charge is 0.323 e. The van der Waals surface area contributed by atoms with Crippen molar-refractivity contribution < 1.29 is 11.9 Å². The normalized spacial score (nSPS) is 12.6. The molecule has 31 heavy (non-hydrogen) atoms. The number of carbonyl (C=O) groups is 1. The van der Waals surface area contributed by atoms with E-state index < -0.39 is 18.3 Å². The van der Waals surface area contributed by atoms with Gasteiger partial charge in [0.1, 0.15) is 11.5 Å². The van der Waals surface area contributed by atoms with Gasteiger partial charge in [-0.15, -0.1) is 0 Å². The summed E-state index contributed by atoms with van der Waals surface area (Å²) in [6.45, 7) is -1.89. The van der Waals surface area contributed by atoms with Crippen LogP contribution in [0.15, 0.2) is 77.7 Å². The van der Waals surface area contributed by atoms with E-state index in [2.05, 4.69) is 36.5 Å². The zero-order valence-corrected chi connectivity index (χ0v) is 17.6. The van der Waals surface area contributed by atoms with Crippen LogP contribution >= 0.6 is 15.9 Å². The van der Waals surface area contributed by atoms with E-state index in [4.69, 9.17) is 2.74 Å². The molecule has 3 N–H and O–H groups in total. The van der Waals surface area contributed by atoms with Crippen molar-refractivity contribution in [3.63, 3.8) is 0 Å². The second-order valence-electron chi connectivity index (χ2n) is 6.84. The van der Waals surface area contributed by atoms with Crippen molar-refractivity contribution >= 4 is 55.3 Å². The van der Waals surface area contributed by atoms with Crippen molar-refractivity contribution in [1.29, 1.82) is 0 Å². The lowest BCUT2D eigenvalue weighted by atomic mass is 10.2. The van der Waals surface area contributed by atoms with Crippen LogP contribution in [-0.2, 0) is 6.50 Å². The maximum Gasteiger partial charge on any atom is 0.323 e. The minimum atomic E-state index is -1.89. The van der Waals surface area contributed by atoms with Crippen LogP contribution in [0.2, 0.25) is 0 Å². The Morgan fingerprint density at radius 3 is 2.90 bits per heavy atom. The molecule has 0 aliphatic heterocycles. The highest BCUT2D eigenvalue weighted by molar-refractivity contribution is 9.10. The zero-order chi connectivity index (χ0) is 23.2. The Bertz CT molecular complexity index is 1510. The Morgan fingerprint density at radius 1 is 1.13 bits per heavy atom. The van der Waals surface area contributed by atoms with Gasteiger partial charge in [0, 0.05) is 40.3 Å². The minimum Gasteiger partial charge on any atom is -0.346 e. The molecule has 154 valence electrons. The maximum atomic E-state index is 14.0. The van der Waals surface area contributed by atoms with Crippen LogP contribution < -0.4 is 10.6 Å². The summed E-state index contributed by atoms with van der Waals surface area (Å²) in [6, 6.07) is 14.2. The first-order valence-electron chi connectivity index (χ1n) is 10.4. The van der Waals surface area contributed by atoms with Gasteiger partial charge in [-0.2, -0.15) is 0 Å². The molecule has 2 aromatic carbocycles. The number of amides is 2. The second kappa shape index (κ2) is 7.88. The number of nitrogens with one attached hydrogen (secondary N) is 3. The number of fused-ring (bicyclic) bond motifs is 2. The number of benzene rings is 2. The van der Waals surface area contributed by atoms with Gasteiger partial charge in [0.05, 0.1) is 19.6 Å². The third-order valence-electron chi connectivity index (χ3n) is 4.85. The van der Waals surface area contributed by atoms with Crippen molar-refractivity contribution in [3.05, 3.63) is 89.0 Å². The molecule has 0 saturated carbocycles. The fraction of sp³-hybridized carbons (Fsp3) is 0.0435. The highest BCUT2D eigenvalue weighted by Crippen LogP contribution is 2.27. The van der Waals surface area contributed by atoms with Crippen molar-refractivity contribution in [2.45, 2.75) is 6.50 Å². The van der Waals surface area contributed by atoms with E-state index in [-0.39, 0.29) is 5.69 Å². The Hall–Kier alpha value is -3.65. The van der Waals surface area contributed by atoms with Crippen LogP contribution in [0.4, 0.5) is 20.6 Å². The topological polar surface area (TPSA) is 74.7 Å². The van der Waals surface area contributed by atoms with E-state index in [9.17, 15) is 9.18 Å². The predicted molar refractivity (Wildman–Crippen MR) is 124 cm³/mol. The maximum absolute atomic E-state index is 14.0. The highest BCUT2D eigenvalue weighted by Gasteiger charge is 2.12. The number of halogens is 2. The lowest BCUT2D eigenvalue weighted by Gasteiger charge is -2.11. The number of H-pyrrole nitrogens is 1. The number of anilines is 2. The molecule has 0 fully saturated rings. The fourth-order valence-corrected chi connectivity index (χ4v) is 3.78. The van der Waals surface area contributed by atoms with Gasteiger partial charge in [0.25, 0.3) is 0 Å². The third kappa shape index (κ3) is 3.77. The largest absolute Gasteiger partial charge is 0.346 e. The molecule has 8 heteroatoms. The Kier molecular flexibility index (Phi) is 4.34. The van der Waals surface area contributed by atoms with Gasteiger partial charge >= 0.3 is 6.03 Å². The molecule has 0 aliphatic rings. The minimum absolute atomic E-state index is 0.0379. The number of hydrogen-bond acceptors (Lipinski definition) is 2. The predicted octanol–water partition coefficient (Wildman–Crippen LogP) is 6.11. The summed E-state index contributed by atoms with van der Waals surface area (Å²) in [5, 5.41) is 6.55. The molecule has 0 spiro atoms. The number of carbonyl (C=O) groups excluding carboxylic acids is 1. The Morgan fingerprint density at radius 2 is 2.00 bits per heavy atom. The quantitative estimate of drug-likeness (QED) is 0.290. The van der Waals surface area contributed by atoms with Crippen molar-refractivity contribution in [2.75, 3.05) is 10.6 Å². The van der Waals surface area contributed by atoms with E-state index in [1.165, 1.54) is 16.7 Å². The first-order chi connectivity index (χ1) is 15.8. The molecule has 3 heterocycles. The number of rotatable bonds is 4. The molecule has 5 aromatic rings. The van der Waals surface area contributed by atoms with Crippen molar-refractivity contribution in [3.8, 4) is 0 Å². The average Bonchev–Trinajstić information content (AvgIpc) is 3.42. The number of pyridine rings is 1. The second-order valence-corrected chi connectivity index (χ2v) is 7.76. The van der Waals surface area contributed by atoms with Gasteiger partial charge in [-0.05, 0) is 54.1 Å². The summed E-state index contributed by atoms with van der Waals surface area (Å²) in [6.07, 6.45) is 4.90. The van der Waals surface area contributed by atoms with Crippen LogP contribution in [-0.4, -0.2) is 20.6 Å². The van der Waals surface area contributed by atoms with Crippen LogP contribution in [0, 0.1) is 5.82 Å². The monoisotopic (exact) mass is 479 g/mol. The molecular weight excluding hydrogens is 461 g/mol. The van der Waals surface area contributed by atoms with E-state index in [1.807, 2.05) is 6.07 Å². The first-order valence-corrected chi connectivity index (χ1v) is 10.2. The summed E-state index contributed by atoms with van der Waals surface area (Å²) < 4.78 is 33.8. The van der Waals surface area contributed by atoms with Crippen LogP contribution in [0.5, 0.6) is 0 Å². The molecule has 0 unspecified atom stereocenters. The standard InChI is InChI=1S/C23H17BrFN5O/c24-15-6-7-18(25)20(11-15)29-23(31)28-19-4-1-5-21-17(19)8-10-30(21)13-14-12-27-22-16(14)3-2-9-26-22/h1-12H,13H2,(H,26,27)(H2,28,29,31)/i13D2. The van der Waals surface area contributed by atoms with Gasteiger partial charge in [-0.1, -0.05) is 22.0 Å². The van der Waals surface area contributed by atoms with E-state index in [1.54, 1.807) is 55.0 Å². The van der Waals surface area contributed by atoms with Crippen LogP contribution in [0.25, 0.3) is 21.9 Å². The molecule has 0 bridgehead atoms. The number of nitrogens with zero attached hydrogens (tertiary/aromatic N) is 2. The van der Waals surface area contributed by atoms with Gasteiger partial charge < -0.3 is 20.2 Å². The molecule has 0 radical (unpaired) electrons. The van der Waals surface area contributed by atoms with Crippen LogP contribution in [0.1, 0.15) is 8.30 Å².